The molecule has 0 bridgehead atoms. The quantitative estimate of drug-likeness (QED) is 0.668. The van der Waals surface area contributed by atoms with Gasteiger partial charge in [-0.05, 0) is 36.8 Å². The first-order valence-electron chi connectivity index (χ1n) is 6.36. The fourth-order valence-corrected chi connectivity index (χ4v) is 1.62. The second kappa shape index (κ2) is 7.36. The third kappa shape index (κ3) is 4.02. The molecule has 0 saturated heterocycles. The van der Waals surface area contributed by atoms with Crippen molar-refractivity contribution < 1.29 is 4.74 Å². The van der Waals surface area contributed by atoms with E-state index in [1.165, 1.54) is 0 Å². The van der Waals surface area contributed by atoms with E-state index in [1.807, 2.05) is 6.92 Å². The summed E-state index contributed by atoms with van der Waals surface area (Å²) in [4.78, 5) is 8.16. The van der Waals surface area contributed by atoms with Crippen LogP contribution in [0, 0.1) is 29.6 Å². The van der Waals surface area contributed by atoms with Crippen molar-refractivity contribution >= 4 is 11.4 Å². The second-order valence-corrected chi connectivity index (χ2v) is 4.23. The van der Waals surface area contributed by atoms with Gasteiger partial charge >= 0.3 is 0 Å². The van der Waals surface area contributed by atoms with E-state index >= 15 is 0 Å². The Morgan fingerprint density at radius 1 is 1.27 bits per heavy atom. The number of hydrogen-bond donors (Lipinski definition) is 1. The zero-order valence-corrected chi connectivity index (χ0v) is 11.8. The van der Waals surface area contributed by atoms with Crippen LogP contribution in [0.15, 0.2) is 41.8 Å². The van der Waals surface area contributed by atoms with Crippen molar-refractivity contribution in [3.05, 3.63) is 48.0 Å². The predicted molar refractivity (Wildman–Crippen MR) is 79.8 cm³/mol. The molecular weight excluding hydrogens is 280 g/mol. The van der Waals surface area contributed by atoms with Crippen LogP contribution >= 0.6 is 0 Å². The van der Waals surface area contributed by atoms with Gasteiger partial charge in [-0.25, -0.2) is 9.97 Å². The standard InChI is InChI=1S/C15H12N6O/c1-11-7-12(20-21-13(8-16)9-17)3-4-14(11)22-10-15-18-5-2-6-19-15/h2-7,20H,10H2,1H3. The van der Waals surface area contributed by atoms with Gasteiger partial charge in [0.25, 0.3) is 0 Å². The van der Waals surface area contributed by atoms with Gasteiger partial charge in [-0.1, -0.05) is 0 Å². The maximum atomic E-state index is 8.61. The Hall–Kier alpha value is -3.45. The highest BCUT2D eigenvalue weighted by Crippen LogP contribution is 2.22. The van der Waals surface area contributed by atoms with Crippen LogP contribution in [0.4, 0.5) is 5.69 Å². The fourth-order valence-electron chi connectivity index (χ4n) is 1.62. The van der Waals surface area contributed by atoms with Crippen molar-refractivity contribution in [1.29, 1.82) is 10.5 Å². The third-order valence-corrected chi connectivity index (χ3v) is 2.66. The van der Waals surface area contributed by atoms with E-state index in [0.717, 1.165) is 5.56 Å². The lowest BCUT2D eigenvalue weighted by atomic mass is 10.2. The summed E-state index contributed by atoms with van der Waals surface area (Å²) in [5.74, 6) is 1.30. The van der Waals surface area contributed by atoms with Gasteiger partial charge in [-0.3, -0.25) is 5.43 Å². The minimum Gasteiger partial charge on any atom is -0.485 e. The molecular formula is C15H12N6O. The highest BCUT2D eigenvalue weighted by Gasteiger charge is 2.03. The number of hydrazone groups is 1. The smallest absolute Gasteiger partial charge is 0.237 e. The molecule has 1 heterocycles. The summed E-state index contributed by atoms with van der Waals surface area (Å²) in [6, 6.07) is 10.4. The largest absolute Gasteiger partial charge is 0.485 e. The molecule has 0 spiro atoms. The van der Waals surface area contributed by atoms with Crippen LogP contribution in [-0.2, 0) is 6.61 Å². The SMILES string of the molecule is Cc1cc(NN=C(C#N)C#N)ccc1OCc1ncccn1. The van der Waals surface area contributed by atoms with Crippen molar-refractivity contribution in [3.63, 3.8) is 0 Å². The molecule has 7 nitrogen and oxygen atoms in total. The second-order valence-electron chi connectivity index (χ2n) is 4.23. The number of hydrogen-bond acceptors (Lipinski definition) is 7. The Labute approximate surface area is 127 Å². The molecule has 0 saturated carbocycles. The van der Waals surface area contributed by atoms with E-state index in [2.05, 4.69) is 20.5 Å². The molecule has 0 aliphatic rings. The Morgan fingerprint density at radius 3 is 2.64 bits per heavy atom. The van der Waals surface area contributed by atoms with Crippen LogP contribution in [-0.4, -0.2) is 15.7 Å². The minimum absolute atomic E-state index is 0.237. The van der Waals surface area contributed by atoms with Gasteiger partial charge in [-0.2, -0.15) is 15.6 Å². The zero-order chi connectivity index (χ0) is 15.8. The number of nitrogens with zero attached hydrogens (tertiary/aromatic N) is 5. The average Bonchev–Trinajstić information content (AvgIpc) is 2.56. The number of benzene rings is 1. The maximum absolute atomic E-state index is 8.61. The van der Waals surface area contributed by atoms with Crippen LogP contribution in [0.5, 0.6) is 5.75 Å². The molecule has 0 atom stereocenters. The summed E-state index contributed by atoms with van der Waals surface area (Å²) in [7, 11) is 0. The molecule has 1 N–H and O–H groups in total. The molecule has 0 aliphatic heterocycles. The van der Waals surface area contributed by atoms with Crippen LogP contribution in [0.3, 0.4) is 0 Å². The van der Waals surface area contributed by atoms with Crippen LogP contribution < -0.4 is 10.2 Å². The number of aromatic nitrogens is 2. The summed E-state index contributed by atoms with van der Waals surface area (Å²) < 4.78 is 5.65. The molecule has 0 amide bonds. The Bertz CT molecular complexity index is 742. The summed E-state index contributed by atoms with van der Waals surface area (Å²) in [5.41, 5.74) is 3.95. The maximum Gasteiger partial charge on any atom is 0.237 e. The Kier molecular flexibility index (Phi) is 5.00. The van der Waals surface area contributed by atoms with E-state index in [9.17, 15) is 0 Å². The first-order valence-corrected chi connectivity index (χ1v) is 6.36. The van der Waals surface area contributed by atoms with Gasteiger partial charge in [0, 0.05) is 12.4 Å². The Morgan fingerprint density at radius 2 is 2.00 bits per heavy atom. The van der Waals surface area contributed by atoms with Gasteiger partial charge in [-0.15, -0.1) is 0 Å². The molecule has 0 radical (unpaired) electrons. The third-order valence-electron chi connectivity index (χ3n) is 2.66. The molecule has 1 aromatic heterocycles. The van der Waals surface area contributed by atoms with E-state index in [4.69, 9.17) is 15.3 Å². The summed E-state index contributed by atoms with van der Waals surface area (Å²) in [6.07, 6.45) is 3.32. The van der Waals surface area contributed by atoms with Gasteiger partial charge in [0.15, 0.2) is 5.82 Å². The van der Waals surface area contributed by atoms with E-state index in [0.29, 0.717) is 17.3 Å². The van der Waals surface area contributed by atoms with E-state index < -0.39 is 0 Å². The van der Waals surface area contributed by atoms with Crippen molar-refractivity contribution in [2.75, 3.05) is 5.43 Å². The monoisotopic (exact) mass is 292 g/mol. The highest BCUT2D eigenvalue weighted by molar-refractivity contribution is 6.10. The first kappa shape index (κ1) is 14.9. The van der Waals surface area contributed by atoms with Crippen molar-refractivity contribution in [3.8, 4) is 17.9 Å². The number of rotatable bonds is 5. The number of anilines is 1. The molecule has 22 heavy (non-hydrogen) atoms. The molecule has 2 aromatic rings. The average molecular weight is 292 g/mol. The van der Waals surface area contributed by atoms with E-state index in [1.54, 1.807) is 48.8 Å². The molecule has 7 heteroatoms. The van der Waals surface area contributed by atoms with Crippen LogP contribution in [0.1, 0.15) is 11.4 Å². The summed E-state index contributed by atoms with van der Waals surface area (Å²) in [6.45, 7) is 2.16. The number of nitriles is 2. The van der Waals surface area contributed by atoms with Crippen molar-refractivity contribution in [1.82, 2.24) is 9.97 Å². The highest BCUT2D eigenvalue weighted by atomic mass is 16.5. The lowest BCUT2D eigenvalue weighted by Gasteiger charge is -2.09. The molecule has 0 fully saturated rings. The van der Waals surface area contributed by atoms with Gasteiger partial charge in [0.1, 0.15) is 24.5 Å². The first-order chi connectivity index (χ1) is 10.7. The zero-order valence-electron chi connectivity index (χ0n) is 11.8. The summed E-state index contributed by atoms with van der Waals surface area (Å²) in [5, 5.41) is 20.9. The lowest BCUT2D eigenvalue weighted by molar-refractivity contribution is 0.294. The normalized spacial score (nSPS) is 9.23. The van der Waals surface area contributed by atoms with Crippen molar-refractivity contribution in [2.24, 2.45) is 5.10 Å². The van der Waals surface area contributed by atoms with Crippen LogP contribution in [0.25, 0.3) is 0 Å². The topological polar surface area (TPSA) is 107 Å². The number of aryl methyl sites for hydroxylation is 1. The summed E-state index contributed by atoms with van der Waals surface area (Å²) >= 11 is 0. The Balaban J connectivity index is 2.03. The van der Waals surface area contributed by atoms with Crippen molar-refractivity contribution in [2.45, 2.75) is 13.5 Å². The molecule has 2 rings (SSSR count). The van der Waals surface area contributed by atoms with Gasteiger partial charge < -0.3 is 4.74 Å². The predicted octanol–water partition coefficient (Wildman–Crippen LogP) is 2.18. The molecule has 1 aromatic carbocycles. The lowest BCUT2D eigenvalue weighted by Crippen LogP contribution is -2.02. The number of nitrogens with one attached hydrogen (secondary N) is 1. The fraction of sp³-hybridized carbons (Fsp3) is 0.133. The van der Waals surface area contributed by atoms with E-state index in [-0.39, 0.29) is 12.3 Å². The molecule has 108 valence electrons. The minimum atomic E-state index is -0.237. The molecule has 0 aliphatic carbocycles. The number of ether oxygens (including phenoxy) is 1. The molecule has 0 unspecified atom stereocenters. The van der Waals surface area contributed by atoms with Crippen LogP contribution in [0.2, 0.25) is 0 Å². The van der Waals surface area contributed by atoms with Gasteiger partial charge in [0.05, 0.1) is 5.69 Å². The van der Waals surface area contributed by atoms with Gasteiger partial charge in [0.2, 0.25) is 5.71 Å².